The Labute approximate surface area is 201 Å². The molecule has 170 valence electrons. The molecule has 0 saturated heterocycles. The fourth-order valence-corrected chi connectivity index (χ4v) is 5.09. The zero-order valence-corrected chi connectivity index (χ0v) is 19.6. The quantitative estimate of drug-likeness (QED) is 0.277. The van der Waals surface area contributed by atoms with Gasteiger partial charge in [0.1, 0.15) is 10.7 Å². The number of amides is 1. The Morgan fingerprint density at radius 3 is 2.24 bits per heavy atom. The van der Waals surface area contributed by atoms with Crippen molar-refractivity contribution >= 4 is 22.2 Å². The molecule has 0 radical (unpaired) electrons. The summed E-state index contributed by atoms with van der Waals surface area (Å²) in [5, 5.41) is 0. The predicted octanol–water partition coefficient (Wildman–Crippen LogP) is 6.40. The number of carbonyl (C=O) groups excluding carboxylic acids is 1. The number of benzene rings is 3. The first-order chi connectivity index (χ1) is 16.6. The topological polar surface area (TPSA) is 37.6 Å². The zero-order chi connectivity index (χ0) is 23.5. The van der Waals surface area contributed by atoms with Crippen LogP contribution in [0.2, 0.25) is 0 Å². The SMILES string of the molecule is Cc1c(C(=O)N(CCc2ccccc2)Cc2ccccc2)sc2nc(-c3ccc(F)cc3)cn12. The Morgan fingerprint density at radius 1 is 0.941 bits per heavy atom. The summed E-state index contributed by atoms with van der Waals surface area (Å²) in [4.78, 5) is 21.8. The summed E-state index contributed by atoms with van der Waals surface area (Å²) in [6.45, 7) is 3.12. The second-order valence-corrected chi connectivity index (χ2v) is 9.23. The van der Waals surface area contributed by atoms with E-state index in [0.29, 0.717) is 18.0 Å². The van der Waals surface area contributed by atoms with Crippen molar-refractivity contribution in [3.8, 4) is 11.3 Å². The van der Waals surface area contributed by atoms with Crippen LogP contribution in [0.1, 0.15) is 26.5 Å². The van der Waals surface area contributed by atoms with Crippen LogP contribution in [-0.2, 0) is 13.0 Å². The van der Waals surface area contributed by atoms with E-state index in [0.717, 1.165) is 33.9 Å². The first-order valence-corrected chi connectivity index (χ1v) is 12.0. The molecule has 1 amide bonds. The summed E-state index contributed by atoms with van der Waals surface area (Å²) >= 11 is 1.40. The van der Waals surface area contributed by atoms with Crippen molar-refractivity contribution in [2.45, 2.75) is 19.9 Å². The minimum Gasteiger partial charge on any atom is -0.333 e. The van der Waals surface area contributed by atoms with Gasteiger partial charge in [-0.15, -0.1) is 0 Å². The number of rotatable bonds is 7. The van der Waals surface area contributed by atoms with Crippen molar-refractivity contribution in [1.29, 1.82) is 0 Å². The van der Waals surface area contributed by atoms with Crippen LogP contribution in [0.3, 0.4) is 0 Å². The van der Waals surface area contributed by atoms with E-state index in [1.54, 1.807) is 12.1 Å². The Kier molecular flexibility index (Phi) is 6.23. The molecule has 0 saturated carbocycles. The lowest BCUT2D eigenvalue weighted by Crippen LogP contribution is -2.32. The molecule has 5 aromatic rings. The molecule has 0 unspecified atom stereocenters. The lowest BCUT2D eigenvalue weighted by atomic mass is 10.1. The number of imidazole rings is 1. The average molecular weight is 470 g/mol. The second kappa shape index (κ2) is 9.61. The first kappa shape index (κ1) is 22.0. The maximum atomic E-state index is 13.7. The minimum atomic E-state index is -0.275. The van der Waals surface area contributed by atoms with Crippen LogP contribution in [0.5, 0.6) is 0 Å². The van der Waals surface area contributed by atoms with Crippen molar-refractivity contribution in [2.24, 2.45) is 0 Å². The highest BCUT2D eigenvalue weighted by Crippen LogP contribution is 2.28. The van der Waals surface area contributed by atoms with E-state index < -0.39 is 0 Å². The van der Waals surface area contributed by atoms with E-state index in [1.165, 1.54) is 29.0 Å². The summed E-state index contributed by atoms with van der Waals surface area (Å²) in [5.74, 6) is -0.265. The summed E-state index contributed by atoms with van der Waals surface area (Å²) in [5.41, 5.74) is 4.77. The molecule has 0 N–H and O–H groups in total. The van der Waals surface area contributed by atoms with Gasteiger partial charge in [-0.2, -0.15) is 0 Å². The first-order valence-electron chi connectivity index (χ1n) is 11.2. The second-order valence-electron chi connectivity index (χ2n) is 8.25. The number of fused-ring (bicyclic) bond motifs is 1. The van der Waals surface area contributed by atoms with E-state index in [1.807, 2.05) is 71.0 Å². The van der Waals surface area contributed by atoms with E-state index in [-0.39, 0.29) is 11.7 Å². The third kappa shape index (κ3) is 4.63. The van der Waals surface area contributed by atoms with Crippen LogP contribution >= 0.6 is 11.3 Å². The van der Waals surface area contributed by atoms with E-state index in [4.69, 9.17) is 4.98 Å². The van der Waals surface area contributed by atoms with Crippen molar-refractivity contribution in [1.82, 2.24) is 14.3 Å². The van der Waals surface area contributed by atoms with Gasteiger partial charge in [-0.25, -0.2) is 9.37 Å². The summed E-state index contributed by atoms with van der Waals surface area (Å²) in [6, 6.07) is 26.6. The van der Waals surface area contributed by atoms with Gasteiger partial charge in [0.2, 0.25) is 0 Å². The monoisotopic (exact) mass is 469 g/mol. The molecular formula is C28H24FN3OS. The van der Waals surface area contributed by atoms with Crippen LogP contribution in [0.25, 0.3) is 16.2 Å². The molecule has 0 atom stereocenters. The van der Waals surface area contributed by atoms with Gasteiger partial charge in [-0.3, -0.25) is 9.20 Å². The lowest BCUT2D eigenvalue weighted by Gasteiger charge is -2.23. The molecule has 0 aliphatic rings. The largest absolute Gasteiger partial charge is 0.333 e. The predicted molar refractivity (Wildman–Crippen MR) is 135 cm³/mol. The summed E-state index contributed by atoms with van der Waals surface area (Å²) in [6.07, 6.45) is 2.70. The van der Waals surface area contributed by atoms with Gasteiger partial charge in [0, 0.05) is 30.5 Å². The van der Waals surface area contributed by atoms with Gasteiger partial charge in [-0.05, 0) is 48.7 Å². The Hall–Kier alpha value is -3.77. The molecule has 0 aliphatic heterocycles. The highest BCUT2D eigenvalue weighted by atomic mass is 32.1. The number of thiazole rings is 1. The molecule has 6 heteroatoms. The van der Waals surface area contributed by atoms with Crippen LogP contribution in [0.15, 0.2) is 91.1 Å². The highest BCUT2D eigenvalue weighted by molar-refractivity contribution is 7.19. The summed E-state index contributed by atoms with van der Waals surface area (Å²) in [7, 11) is 0. The number of aryl methyl sites for hydroxylation is 1. The number of aromatic nitrogens is 2. The number of hydrogen-bond acceptors (Lipinski definition) is 3. The molecule has 3 aromatic carbocycles. The Balaban J connectivity index is 1.43. The van der Waals surface area contributed by atoms with Gasteiger partial charge in [0.05, 0.1) is 5.69 Å². The van der Waals surface area contributed by atoms with Crippen LogP contribution in [0, 0.1) is 12.7 Å². The molecular weight excluding hydrogens is 445 g/mol. The number of halogens is 1. The fraction of sp³-hybridized carbons (Fsp3) is 0.143. The van der Waals surface area contributed by atoms with E-state index >= 15 is 0 Å². The summed E-state index contributed by atoms with van der Waals surface area (Å²) < 4.78 is 15.2. The van der Waals surface area contributed by atoms with Gasteiger partial charge < -0.3 is 4.90 Å². The number of carbonyl (C=O) groups is 1. The molecule has 4 nitrogen and oxygen atoms in total. The lowest BCUT2D eigenvalue weighted by molar-refractivity contribution is 0.0749. The normalized spacial score (nSPS) is 11.1. The molecule has 0 bridgehead atoms. The van der Waals surface area contributed by atoms with Gasteiger partial charge in [0.25, 0.3) is 5.91 Å². The fourth-order valence-electron chi connectivity index (χ4n) is 4.02. The standard InChI is InChI=1S/C28H24FN3OS/c1-20-26(34-28-30-25(19-32(20)28)23-12-14-24(29)15-13-23)27(33)31(18-22-10-6-3-7-11-22)17-16-21-8-4-2-5-9-21/h2-15,19H,16-18H2,1H3. The Morgan fingerprint density at radius 2 is 1.59 bits per heavy atom. The smallest absolute Gasteiger partial charge is 0.266 e. The molecule has 0 spiro atoms. The maximum absolute atomic E-state index is 13.7. The van der Waals surface area contributed by atoms with Crippen LogP contribution in [0.4, 0.5) is 4.39 Å². The molecule has 2 heterocycles. The minimum absolute atomic E-state index is 0.0103. The van der Waals surface area contributed by atoms with E-state index in [9.17, 15) is 9.18 Å². The van der Waals surface area contributed by atoms with Crippen molar-refractivity contribution in [3.05, 3.63) is 119 Å². The molecule has 0 fully saturated rings. The molecule has 0 aliphatic carbocycles. The van der Waals surface area contributed by atoms with E-state index in [2.05, 4.69) is 12.1 Å². The molecule has 2 aromatic heterocycles. The van der Waals surface area contributed by atoms with Gasteiger partial charge in [0.15, 0.2) is 4.96 Å². The number of hydrogen-bond donors (Lipinski definition) is 0. The van der Waals surface area contributed by atoms with Crippen molar-refractivity contribution in [2.75, 3.05) is 6.54 Å². The van der Waals surface area contributed by atoms with Crippen LogP contribution in [-0.4, -0.2) is 26.7 Å². The molecule has 5 rings (SSSR count). The van der Waals surface area contributed by atoms with Crippen molar-refractivity contribution in [3.63, 3.8) is 0 Å². The third-order valence-corrected chi connectivity index (χ3v) is 7.05. The van der Waals surface area contributed by atoms with Crippen LogP contribution < -0.4 is 0 Å². The zero-order valence-electron chi connectivity index (χ0n) is 18.8. The number of nitrogens with zero attached hydrogens (tertiary/aromatic N) is 3. The molecule has 34 heavy (non-hydrogen) atoms. The maximum Gasteiger partial charge on any atom is 0.266 e. The van der Waals surface area contributed by atoms with Gasteiger partial charge in [-0.1, -0.05) is 72.0 Å². The van der Waals surface area contributed by atoms with Crippen molar-refractivity contribution < 1.29 is 9.18 Å². The average Bonchev–Trinajstić information content (AvgIpc) is 3.42. The highest BCUT2D eigenvalue weighted by Gasteiger charge is 2.23. The van der Waals surface area contributed by atoms with Gasteiger partial charge >= 0.3 is 0 Å². The Bertz CT molecular complexity index is 1410. The third-order valence-electron chi connectivity index (χ3n) is 5.91.